The van der Waals surface area contributed by atoms with E-state index in [1.807, 2.05) is 6.07 Å². The van der Waals surface area contributed by atoms with Gasteiger partial charge in [0.1, 0.15) is 23.2 Å². The smallest absolute Gasteiger partial charge is 0.161 e. The predicted octanol–water partition coefficient (Wildman–Crippen LogP) is 2.24. The zero-order chi connectivity index (χ0) is 21.7. The Kier molecular flexibility index (Phi) is 4.28. The third kappa shape index (κ3) is 2.97. The number of rotatable bonds is 3. The number of nitrogens with zero attached hydrogens (tertiary/aromatic N) is 8. The van der Waals surface area contributed by atoms with Crippen LogP contribution in [0.1, 0.15) is 0 Å². The minimum absolute atomic E-state index is 0.164. The summed E-state index contributed by atoms with van der Waals surface area (Å²) in [5.41, 5.74) is 3.09. The standard InChI is InChI=1S/C21H19FN10/c1-31-4-6-32(7-5-31)21-18-13(2-3-25-21)27-20(28-18)19-15-14(29-30-19)10-26-17(16(15)22)12-8-23-11-24-9-12/h2-3,8-11H,4-7H2,1H3,(H,27,28)(H,29,30). The largest absolute Gasteiger partial charge is 0.352 e. The van der Waals surface area contributed by atoms with Gasteiger partial charge in [0.25, 0.3) is 0 Å². The van der Waals surface area contributed by atoms with Gasteiger partial charge in [0.15, 0.2) is 17.5 Å². The fourth-order valence-electron chi connectivity index (χ4n) is 4.05. The number of nitrogens with one attached hydrogen (secondary N) is 2. The Morgan fingerprint density at radius 1 is 0.969 bits per heavy atom. The lowest BCUT2D eigenvalue weighted by atomic mass is 10.1. The summed E-state index contributed by atoms with van der Waals surface area (Å²) in [5, 5.41) is 7.51. The van der Waals surface area contributed by atoms with Gasteiger partial charge in [0.05, 0.1) is 22.6 Å². The molecule has 1 aliphatic rings. The first kappa shape index (κ1) is 18.8. The Labute approximate surface area is 181 Å². The van der Waals surface area contributed by atoms with Crippen LogP contribution in [0.4, 0.5) is 10.2 Å². The molecule has 1 aliphatic heterocycles. The summed E-state index contributed by atoms with van der Waals surface area (Å²) >= 11 is 0. The van der Waals surface area contributed by atoms with Gasteiger partial charge in [-0.2, -0.15) is 5.10 Å². The normalized spacial score (nSPS) is 15.1. The molecule has 10 nitrogen and oxygen atoms in total. The Morgan fingerprint density at radius 2 is 1.78 bits per heavy atom. The van der Waals surface area contributed by atoms with Crippen LogP contribution in [0.15, 0.2) is 37.2 Å². The van der Waals surface area contributed by atoms with Crippen LogP contribution >= 0.6 is 0 Å². The van der Waals surface area contributed by atoms with Crippen LogP contribution in [0.2, 0.25) is 0 Å². The van der Waals surface area contributed by atoms with E-state index in [0.29, 0.717) is 28.0 Å². The number of imidazole rings is 1. The summed E-state index contributed by atoms with van der Waals surface area (Å²) < 4.78 is 15.6. The van der Waals surface area contributed by atoms with Crippen molar-refractivity contribution in [3.63, 3.8) is 0 Å². The van der Waals surface area contributed by atoms with Gasteiger partial charge >= 0.3 is 0 Å². The zero-order valence-corrected chi connectivity index (χ0v) is 17.2. The number of aromatic nitrogens is 8. The maximum atomic E-state index is 15.6. The third-order valence-electron chi connectivity index (χ3n) is 5.79. The number of hydrogen-bond donors (Lipinski definition) is 2. The van der Waals surface area contributed by atoms with Crippen LogP contribution in [-0.4, -0.2) is 78.2 Å². The van der Waals surface area contributed by atoms with Gasteiger partial charge in [-0.05, 0) is 13.1 Å². The number of fused-ring (bicyclic) bond motifs is 2. The minimum atomic E-state index is -0.501. The molecule has 0 aliphatic carbocycles. The summed E-state index contributed by atoms with van der Waals surface area (Å²) in [6, 6.07) is 1.87. The lowest BCUT2D eigenvalue weighted by Gasteiger charge is -2.33. The number of pyridine rings is 2. The van der Waals surface area contributed by atoms with E-state index in [1.54, 1.807) is 12.4 Å². The molecule has 5 aromatic rings. The maximum absolute atomic E-state index is 15.6. The quantitative estimate of drug-likeness (QED) is 0.448. The number of likely N-dealkylation sites (N-methyl/N-ethyl adjacent to an activating group) is 1. The molecule has 0 atom stereocenters. The molecule has 0 amide bonds. The first-order valence-corrected chi connectivity index (χ1v) is 10.3. The maximum Gasteiger partial charge on any atom is 0.161 e. The van der Waals surface area contributed by atoms with Crippen LogP contribution in [0.5, 0.6) is 0 Å². The Bertz CT molecular complexity index is 1420. The van der Waals surface area contributed by atoms with E-state index in [1.165, 1.54) is 18.7 Å². The fraction of sp³-hybridized carbons (Fsp3) is 0.238. The number of aromatic amines is 2. The first-order chi connectivity index (χ1) is 15.7. The number of piperazine rings is 1. The van der Waals surface area contributed by atoms with Crippen LogP contribution in [0.3, 0.4) is 0 Å². The third-order valence-corrected chi connectivity index (χ3v) is 5.79. The zero-order valence-electron chi connectivity index (χ0n) is 17.2. The Balaban J connectivity index is 1.48. The number of hydrogen-bond acceptors (Lipinski definition) is 8. The van der Waals surface area contributed by atoms with Crippen molar-refractivity contribution in [3.8, 4) is 22.8 Å². The molecule has 6 heterocycles. The molecule has 11 heteroatoms. The van der Waals surface area contributed by atoms with Gasteiger partial charge in [0, 0.05) is 50.3 Å². The molecule has 1 saturated heterocycles. The van der Waals surface area contributed by atoms with Crippen molar-refractivity contribution in [2.75, 3.05) is 38.1 Å². The van der Waals surface area contributed by atoms with Gasteiger partial charge in [-0.1, -0.05) is 0 Å². The van der Waals surface area contributed by atoms with Crippen molar-refractivity contribution in [1.29, 1.82) is 0 Å². The van der Waals surface area contributed by atoms with Crippen LogP contribution in [0, 0.1) is 5.82 Å². The highest BCUT2D eigenvalue weighted by molar-refractivity contribution is 5.96. The van der Waals surface area contributed by atoms with Crippen LogP contribution in [-0.2, 0) is 0 Å². The van der Waals surface area contributed by atoms with Crippen molar-refractivity contribution in [2.45, 2.75) is 0 Å². The molecule has 6 rings (SSSR count). The molecule has 1 fully saturated rings. The lowest BCUT2D eigenvalue weighted by molar-refractivity contribution is 0.312. The molecule has 0 aromatic carbocycles. The van der Waals surface area contributed by atoms with Crippen LogP contribution < -0.4 is 4.90 Å². The lowest BCUT2D eigenvalue weighted by Crippen LogP contribution is -2.44. The average molecular weight is 430 g/mol. The molecular weight excluding hydrogens is 411 g/mol. The predicted molar refractivity (Wildman–Crippen MR) is 117 cm³/mol. The summed E-state index contributed by atoms with van der Waals surface area (Å²) in [4.78, 5) is 29.3. The second-order valence-corrected chi connectivity index (χ2v) is 7.82. The highest BCUT2D eigenvalue weighted by Gasteiger charge is 2.23. The van der Waals surface area contributed by atoms with Gasteiger partial charge in [0.2, 0.25) is 0 Å². The van der Waals surface area contributed by atoms with Crippen molar-refractivity contribution >= 4 is 27.8 Å². The molecule has 0 bridgehead atoms. The van der Waals surface area contributed by atoms with Crippen molar-refractivity contribution in [3.05, 3.63) is 43.0 Å². The summed E-state index contributed by atoms with van der Waals surface area (Å²) in [6.45, 7) is 3.67. The van der Waals surface area contributed by atoms with Crippen molar-refractivity contribution in [1.82, 2.24) is 45.0 Å². The summed E-state index contributed by atoms with van der Waals surface area (Å²) in [5.74, 6) is 0.788. The Morgan fingerprint density at radius 3 is 2.59 bits per heavy atom. The van der Waals surface area contributed by atoms with Gasteiger partial charge in [-0.25, -0.2) is 24.3 Å². The monoisotopic (exact) mass is 430 g/mol. The van der Waals surface area contributed by atoms with Gasteiger partial charge in [-0.15, -0.1) is 0 Å². The molecule has 0 saturated carbocycles. The molecule has 32 heavy (non-hydrogen) atoms. The SMILES string of the molecule is CN1CCN(c2nccc3[nH]c(-c4n[nH]c5cnc(-c6cncnc6)c(F)c45)nc23)CC1. The molecule has 160 valence electrons. The van der Waals surface area contributed by atoms with E-state index in [-0.39, 0.29) is 5.69 Å². The molecule has 2 N–H and O–H groups in total. The van der Waals surface area contributed by atoms with E-state index in [4.69, 9.17) is 4.98 Å². The summed E-state index contributed by atoms with van der Waals surface area (Å²) in [7, 11) is 2.11. The van der Waals surface area contributed by atoms with Crippen molar-refractivity contribution in [2.24, 2.45) is 0 Å². The first-order valence-electron chi connectivity index (χ1n) is 10.3. The van der Waals surface area contributed by atoms with Gasteiger partial charge < -0.3 is 14.8 Å². The second-order valence-electron chi connectivity index (χ2n) is 7.82. The van der Waals surface area contributed by atoms with Crippen LogP contribution in [0.25, 0.3) is 44.7 Å². The van der Waals surface area contributed by atoms with E-state index in [2.05, 4.69) is 52.0 Å². The van der Waals surface area contributed by atoms with Gasteiger partial charge in [-0.3, -0.25) is 10.1 Å². The fourth-order valence-corrected chi connectivity index (χ4v) is 4.05. The Hall–Kier alpha value is -3.99. The molecule has 0 unspecified atom stereocenters. The van der Waals surface area contributed by atoms with E-state index in [0.717, 1.165) is 43.0 Å². The molecule has 5 aromatic heterocycles. The highest BCUT2D eigenvalue weighted by atomic mass is 19.1. The van der Waals surface area contributed by atoms with E-state index < -0.39 is 5.82 Å². The number of halogens is 1. The minimum Gasteiger partial charge on any atom is -0.352 e. The molecular formula is C21H19FN10. The van der Waals surface area contributed by atoms with E-state index >= 15 is 4.39 Å². The number of H-pyrrole nitrogens is 2. The average Bonchev–Trinajstić information content (AvgIpc) is 3.45. The molecule has 0 spiro atoms. The number of anilines is 1. The second kappa shape index (κ2) is 7.31. The van der Waals surface area contributed by atoms with E-state index in [9.17, 15) is 0 Å². The summed E-state index contributed by atoms with van der Waals surface area (Å²) in [6.07, 6.45) is 7.76. The van der Waals surface area contributed by atoms with Crippen molar-refractivity contribution < 1.29 is 4.39 Å². The molecule has 0 radical (unpaired) electrons. The highest BCUT2D eigenvalue weighted by Crippen LogP contribution is 2.33. The topological polar surface area (TPSA) is 115 Å².